The molecule has 4 unspecified atom stereocenters. The van der Waals surface area contributed by atoms with Gasteiger partial charge >= 0.3 is 0 Å². The molecule has 102 valence electrons. The van der Waals surface area contributed by atoms with Gasteiger partial charge in [0.15, 0.2) is 0 Å². The van der Waals surface area contributed by atoms with Crippen molar-refractivity contribution in [2.24, 2.45) is 22.7 Å². The van der Waals surface area contributed by atoms with E-state index >= 15 is 0 Å². The third-order valence-corrected chi connectivity index (χ3v) is 6.82. The van der Waals surface area contributed by atoms with Gasteiger partial charge in [-0.2, -0.15) is 0 Å². The zero-order valence-electron chi connectivity index (χ0n) is 12.7. The number of fused-ring (bicyclic) bond motifs is 3. The average molecular weight is 248 g/mol. The Bertz CT molecular complexity index is 394. The monoisotopic (exact) mass is 248 g/mol. The highest BCUT2D eigenvalue weighted by Crippen LogP contribution is 2.64. The molecule has 1 heterocycles. The quantitative estimate of drug-likeness (QED) is 0.570. The van der Waals surface area contributed by atoms with Crippen LogP contribution in [0.5, 0.6) is 0 Å². The van der Waals surface area contributed by atoms with E-state index in [0.717, 1.165) is 18.4 Å². The molecule has 0 aromatic rings. The second-order valence-electron chi connectivity index (χ2n) is 7.93. The predicted molar refractivity (Wildman–Crippen MR) is 75.5 cm³/mol. The van der Waals surface area contributed by atoms with Gasteiger partial charge in [-0.3, -0.25) is 0 Å². The van der Waals surface area contributed by atoms with Crippen LogP contribution in [0.1, 0.15) is 60.3 Å². The Morgan fingerprint density at radius 2 is 1.83 bits per heavy atom. The third kappa shape index (κ3) is 1.43. The van der Waals surface area contributed by atoms with Crippen LogP contribution in [0.3, 0.4) is 0 Å². The highest BCUT2D eigenvalue weighted by atomic mass is 16.5. The van der Waals surface area contributed by atoms with Crippen LogP contribution in [0.4, 0.5) is 0 Å². The SMILES string of the molecule is CC1CCC2(C)C3=CCOC3(C)CCC2C1(C)C. The third-order valence-electron chi connectivity index (χ3n) is 6.82. The minimum absolute atomic E-state index is 0.0574. The minimum atomic E-state index is 0.0574. The van der Waals surface area contributed by atoms with Crippen LogP contribution >= 0.6 is 0 Å². The molecule has 0 bridgehead atoms. The molecular formula is C17H28O. The van der Waals surface area contributed by atoms with Crippen molar-refractivity contribution in [2.75, 3.05) is 6.61 Å². The van der Waals surface area contributed by atoms with Crippen LogP contribution in [0.2, 0.25) is 0 Å². The maximum absolute atomic E-state index is 6.06. The number of hydrogen-bond donors (Lipinski definition) is 0. The van der Waals surface area contributed by atoms with E-state index in [1.165, 1.54) is 25.7 Å². The fourth-order valence-electron chi connectivity index (χ4n) is 5.31. The highest BCUT2D eigenvalue weighted by molar-refractivity contribution is 5.33. The van der Waals surface area contributed by atoms with E-state index in [-0.39, 0.29) is 5.60 Å². The molecule has 2 aliphatic carbocycles. The van der Waals surface area contributed by atoms with Crippen molar-refractivity contribution in [3.8, 4) is 0 Å². The normalized spacial score (nSPS) is 50.4. The molecule has 1 nitrogen and oxygen atoms in total. The van der Waals surface area contributed by atoms with Gasteiger partial charge in [-0.1, -0.05) is 33.8 Å². The molecule has 4 atom stereocenters. The van der Waals surface area contributed by atoms with E-state index in [2.05, 4.69) is 40.7 Å². The summed E-state index contributed by atoms with van der Waals surface area (Å²) in [5, 5.41) is 0. The Kier molecular flexibility index (Phi) is 2.56. The lowest BCUT2D eigenvalue weighted by Gasteiger charge is -2.60. The first-order chi connectivity index (χ1) is 8.31. The highest BCUT2D eigenvalue weighted by Gasteiger charge is 2.58. The van der Waals surface area contributed by atoms with Crippen molar-refractivity contribution in [2.45, 2.75) is 65.9 Å². The van der Waals surface area contributed by atoms with Crippen LogP contribution < -0.4 is 0 Å². The lowest BCUT2D eigenvalue weighted by Crippen LogP contribution is -2.54. The van der Waals surface area contributed by atoms with Crippen molar-refractivity contribution in [1.29, 1.82) is 0 Å². The summed E-state index contributed by atoms with van der Waals surface area (Å²) in [6.45, 7) is 13.1. The van der Waals surface area contributed by atoms with Crippen LogP contribution in [-0.4, -0.2) is 12.2 Å². The van der Waals surface area contributed by atoms with E-state index in [9.17, 15) is 0 Å². The lowest BCUT2D eigenvalue weighted by atomic mass is 9.45. The molecule has 0 amide bonds. The van der Waals surface area contributed by atoms with Crippen LogP contribution in [0, 0.1) is 22.7 Å². The van der Waals surface area contributed by atoms with E-state index in [0.29, 0.717) is 10.8 Å². The van der Waals surface area contributed by atoms with Crippen LogP contribution in [0.25, 0.3) is 0 Å². The summed E-state index contributed by atoms with van der Waals surface area (Å²) in [6, 6.07) is 0. The average Bonchev–Trinajstić information content (AvgIpc) is 2.68. The van der Waals surface area contributed by atoms with Gasteiger partial charge in [0.2, 0.25) is 0 Å². The molecule has 0 radical (unpaired) electrons. The van der Waals surface area contributed by atoms with Gasteiger partial charge in [0.1, 0.15) is 0 Å². The summed E-state index contributed by atoms with van der Waals surface area (Å²) in [7, 11) is 0. The molecule has 3 aliphatic rings. The van der Waals surface area contributed by atoms with Crippen LogP contribution in [0.15, 0.2) is 11.6 Å². The van der Waals surface area contributed by atoms with Gasteiger partial charge < -0.3 is 4.74 Å². The predicted octanol–water partition coefficient (Wildman–Crippen LogP) is 4.57. The van der Waals surface area contributed by atoms with Gasteiger partial charge in [0.05, 0.1) is 12.2 Å². The molecule has 0 saturated heterocycles. The second-order valence-corrected chi connectivity index (χ2v) is 7.93. The van der Waals surface area contributed by atoms with Crippen molar-refractivity contribution >= 4 is 0 Å². The van der Waals surface area contributed by atoms with Gasteiger partial charge in [-0.25, -0.2) is 0 Å². The van der Waals surface area contributed by atoms with Crippen molar-refractivity contribution in [1.82, 2.24) is 0 Å². The maximum Gasteiger partial charge on any atom is 0.0874 e. The molecule has 0 spiro atoms. The van der Waals surface area contributed by atoms with Crippen molar-refractivity contribution in [3.63, 3.8) is 0 Å². The molecule has 0 N–H and O–H groups in total. The summed E-state index contributed by atoms with van der Waals surface area (Å²) >= 11 is 0. The van der Waals surface area contributed by atoms with Gasteiger partial charge in [0.25, 0.3) is 0 Å². The van der Waals surface area contributed by atoms with Crippen LogP contribution in [-0.2, 0) is 4.74 Å². The summed E-state index contributed by atoms with van der Waals surface area (Å²) in [4.78, 5) is 0. The van der Waals surface area contributed by atoms with E-state index in [4.69, 9.17) is 4.74 Å². The first-order valence-electron chi connectivity index (χ1n) is 7.66. The number of rotatable bonds is 0. The molecule has 1 aliphatic heterocycles. The molecule has 0 aromatic heterocycles. The Labute approximate surface area is 112 Å². The smallest absolute Gasteiger partial charge is 0.0874 e. The fourth-order valence-corrected chi connectivity index (χ4v) is 5.31. The van der Waals surface area contributed by atoms with Gasteiger partial charge in [-0.15, -0.1) is 0 Å². The lowest BCUT2D eigenvalue weighted by molar-refractivity contribution is -0.0899. The Balaban J connectivity index is 2.04. The number of ether oxygens (including phenoxy) is 1. The first-order valence-corrected chi connectivity index (χ1v) is 7.66. The maximum atomic E-state index is 6.06. The summed E-state index contributed by atoms with van der Waals surface area (Å²) in [5.41, 5.74) is 2.55. The van der Waals surface area contributed by atoms with E-state index < -0.39 is 0 Å². The van der Waals surface area contributed by atoms with Crippen molar-refractivity contribution in [3.05, 3.63) is 11.6 Å². The summed E-state index contributed by atoms with van der Waals surface area (Å²) in [5.74, 6) is 1.68. The summed E-state index contributed by atoms with van der Waals surface area (Å²) < 4.78 is 6.06. The largest absolute Gasteiger partial charge is 0.367 e. The number of hydrogen-bond acceptors (Lipinski definition) is 1. The molecule has 0 aromatic carbocycles. The zero-order valence-corrected chi connectivity index (χ0v) is 12.7. The van der Waals surface area contributed by atoms with Crippen molar-refractivity contribution < 1.29 is 4.74 Å². The fraction of sp³-hybridized carbons (Fsp3) is 0.882. The molecule has 2 saturated carbocycles. The Hall–Kier alpha value is -0.300. The second kappa shape index (κ2) is 3.62. The summed E-state index contributed by atoms with van der Waals surface area (Å²) in [6.07, 6.45) is 7.68. The molecule has 2 fully saturated rings. The van der Waals surface area contributed by atoms with Gasteiger partial charge in [0, 0.05) is 0 Å². The molecule has 1 heteroatoms. The van der Waals surface area contributed by atoms with E-state index in [1.54, 1.807) is 5.57 Å². The van der Waals surface area contributed by atoms with E-state index in [1.807, 2.05) is 0 Å². The standard InChI is InChI=1S/C17H28O/c1-12-6-9-16(4)13(15(12,2)3)7-10-17(5)14(16)8-11-18-17/h8,12-13H,6-7,9-11H2,1-5H3. The molecule has 18 heavy (non-hydrogen) atoms. The topological polar surface area (TPSA) is 9.23 Å². The van der Waals surface area contributed by atoms with Gasteiger partial charge in [-0.05, 0) is 60.8 Å². The first kappa shape index (κ1) is 12.7. The Morgan fingerprint density at radius 3 is 2.56 bits per heavy atom. The zero-order chi connectivity index (χ0) is 13.2. The molecule has 3 rings (SSSR count). The molecular weight excluding hydrogens is 220 g/mol. The minimum Gasteiger partial charge on any atom is -0.367 e. The Morgan fingerprint density at radius 1 is 1.11 bits per heavy atom.